The molecule has 0 amide bonds. The van der Waals surface area contributed by atoms with Gasteiger partial charge >= 0.3 is 5.97 Å². The summed E-state index contributed by atoms with van der Waals surface area (Å²) >= 11 is 4.09. The summed E-state index contributed by atoms with van der Waals surface area (Å²) < 4.78 is 4.54. The molecule has 0 spiro atoms. The normalized spacial score (nSPS) is 9.47. The topological polar surface area (TPSA) is 70.3 Å². The fourth-order valence-electron chi connectivity index (χ4n) is 1.23. The molecule has 0 saturated heterocycles. The number of nitriles is 1. The van der Waals surface area contributed by atoms with Crippen molar-refractivity contribution in [2.45, 2.75) is 11.5 Å². The summed E-state index contributed by atoms with van der Waals surface area (Å²) in [7, 11) is 1.22. The SMILES string of the molecule is COC(=O)c1c(C#N)ccc(S)c1CO. The van der Waals surface area contributed by atoms with E-state index in [9.17, 15) is 4.79 Å². The molecule has 4 nitrogen and oxygen atoms in total. The number of thiol groups is 1. The summed E-state index contributed by atoms with van der Waals surface area (Å²) in [5.41, 5.74) is 0.558. The number of aliphatic hydroxyl groups is 1. The fourth-order valence-corrected chi connectivity index (χ4v) is 1.48. The molecule has 0 bridgehead atoms. The lowest BCUT2D eigenvalue weighted by Gasteiger charge is -2.09. The van der Waals surface area contributed by atoms with Crippen molar-refractivity contribution in [1.29, 1.82) is 5.26 Å². The number of aliphatic hydroxyl groups excluding tert-OH is 1. The zero-order valence-corrected chi connectivity index (χ0v) is 8.91. The van der Waals surface area contributed by atoms with Crippen LogP contribution in [0.15, 0.2) is 17.0 Å². The monoisotopic (exact) mass is 223 g/mol. The van der Waals surface area contributed by atoms with Gasteiger partial charge in [-0.1, -0.05) is 0 Å². The molecule has 0 aliphatic rings. The number of benzene rings is 1. The van der Waals surface area contributed by atoms with Crippen LogP contribution in [0.1, 0.15) is 21.5 Å². The highest BCUT2D eigenvalue weighted by Crippen LogP contribution is 2.22. The van der Waals surface area contributed by atoms with Crippen molar-refractivity contribution in [1.82, 2.24) is 0 Å². The zero-order valence-electron chi connectivity index (χ0n) is 8.02. The molecule has 0 aromatic heterocycles. The second-order valence-corrected chi connectivity index (χ2v) is 3.23. The third-order valence-electron chi connectivity index (χ3n) is 1.96. The van der Waals surface area contributed by atoms with E-state index in [1.54, 1.807) is 6.07 Å². The molecular formula is C10H9NO3S. The number of nitrogens with zero attached hydrogens (tertiary/aromatic N) is 1. The average Bonchev–Trinajstić information content (AvgIpc) is 2.27. The maximum absolute atomic E-state index is 11.4. The van der Waals surface area contributed by atoms with Crippen LogP contribution in [0.5, 0.6) is 0 Å². The summed E-state index contributed by atoms with van der Waals surface area (Å²) in [5, 5.41) is 17.9. The van der Waals surface area contributed by atoms with Gasteiger partial charge in [-0.15, -0.1) is 12.6 Å². The van der Waals surface area contributed by atoms with Crippen molar-refractivity contribution < 1.29 is 14.6 Å². The first-order chi connectivity index (χ1) is 7.15. The Labute approximate surface area is 92.5 Å². The van der Waals surface area contributed by atoms with Gasteiger partial charge in [0.1, 0.15) is 6.07 Å². The summed E-state index contributed by atoms with van der Waals surface area (Å²) in [5.74, 6) is -0.647. The van der Waals surface area contributed by atoms with Gasteiger partial charge in [-0.25, -0.2) is 4.79 Å². The van der Waals surface area contributed by atoms with E-state index in [0.29, 0.717) is 10.5 Å². The summed E-state index contributed by atoms with van der Waals surface area (Å²) in [6.45, 7) is -0.362. The van der Waals surface area contributed by atoms with Crippen LogP contribution >= 0.6 is 12.6 Å². The minimum atomic E-state index is -0.647. The van der Waals surface area contributed by atoms with Gasteiger partial charge in [0, 0.05) is 10.5 Å². The van der Waals surface area contributed by atoms with E-state index in [2.05, 4.69) is 17.4 Å². The van der Waals surface area contributed by atoms with Crippen LogP contribution in [0, 0.1) is 11.3 Å². The predicted octanol–water partition coefficient (Wildman–Crippen LogP) is 1.13. The van der Waals surface area contributed by atoms with Crippen molar-refractivity contribution in [2.24, 2.45) is 0 Å². The number of hydrogen-bond donors (Lipinski definition) is 2. The fraction of sp³-hybridized carbons (Fsp3) is 0.200. The van der Waals surface area contributed by atoms with E-state index < -0.39 is 5.97 Å². The second-order valence-electron chi connectivity index (χ2n) is 2.75. The zero-order chi connectivity index (χ0) is 11.4. The first kappa shape index (κ1) is 11.6. The highest BCUT2D eigenvalue weighted by Gasteiger charge is 2.18. The lowest BCUT2D eigenvalue weighted by Crippen LogP contribution is -2.09. The lowest BCUT2D eigenvalue weighted by atomic mass is 10.0. The number of hydrogen-bond acceptors (Lipinski definition) is 5. The molecule has 0 unspecified atom stereocenters. The molecule has 0 fully saturated rings. The Hall–Kier alpha value is -1.51. The highest BCUT2D eigenvalue weighted by molar-refractivity contribution is 7.80. The Kier molecular flexibility index (Phi) is 3.72. The van der Waals surface area contributed by atoms with Crippen molar-refractivity contribution in [3.63, 3.8) is 0 Å². The molecule has 0 heterocycles. The van der Waals surface area contributed by atoms with Gasteiger partial charge in [0.15, 0.2) is 0 Å². The van der Waals surface area contributed by atoms with E-state index in [-0.39, 0.29) is 17.7 Å². The van der Waals surface area contributed by atoms with Crippen LogP contribution in [0.2, 0.25) is 0 Å². The van der Waals surface area contributed by atoms with E-state index in [1.165, 1.54) is 13.2 Å². The van der Waals surface area contributed by atoms with Gasteiger partial charge in [-0.05, 0) is 12.1 Å². The molecule has 1 N–H and O–H groups in total. The second kappa shape index (κ2) is 4.82. The lowest BCUT2D eigenvalue weighted by molar-refractivity contribution is 0.0596. The first-order valence-corrected chi connectivity index (χ1v) is 4.54. The smallest absolute Gasteiger partial charge is 0.339 e. The minimum absolute atomic E-state index is 0.0787. The number of rotatable bonds is 2. The molecule has 0 aliphatic heterocycles. The molecule has 1 aromatic carbocycles. The van der Waals surface area contributed by atoms with Crippen molar-refractivity contribution >= 4 is 18.6 Å². The van der Waals surface area contributed by atoms with E-state index >= 15 is 0 Å². The Bertz CT molecular complexity index is 437. The van der Waals surface area contributed by atoms with Crippen molar-refractivity contribution in [2.75, 3.05) is 7.11 Å². The molecule has 1 rings (SSSR count). The maximum Gasteiger partial charge on any atom is 0.339 e. The van der Waals surface area contributed by atoms with Crippen LogP contribution in [0.4, 0.5) is 0 Å². The summed E-state index contributed by atoms with van der Waals surface area (Å²) in [6.07, 6.45) is 0. The number of carbonyl (C=O) groups excluding carboxylic acids is 1. The molecular weight excluding hydrogens is 214 g/mol. The van der Waals surface area contributed by atoms with Gasteiger partial charge < -0.3 is 9.84 Å². The Morgan fingerprint density at radius 1 is 1.67 bits per heavy atom. The molecule has 15 heavy (non-hydrogen) atoms. The van der Waals surface area contributed by atoms with Gasteiger partial charge in [0.2, 0.25) is 0 Å². The maximum atomic E-state index is 11.4. The van der Waals surface area contributed by atoms with Gasteiger partial charge in [0.05, 0.1) is 24.8 Å². The van der Waals surface area contributed by atoms with E-state index in [0.717, 1.165) is 0 Å². The van der Waals surface area contributed by atoms with Crippen molar-refractivity contribution in [3.05, 3.63) is 28.8 Å². The van der Waals surface area contributed by atoms with Crippen LogP contribution < -0.4 is 0 Å². The van der Waals surface area contributed by atoms with Crippen molar-refractivity contribution in [3.8, 4) is 6.07 Å². The highest BCUT2D eigenvalue weighted by atomic mass is 32.1. The number of esters is 1. The van der Waals surface area contributed by atoms with Gasteiger partial charge in [-0.2, -0.15) is 5.26 Å². The van der Waals surface area contributed by atoms with Crippen LogP contribution in [0.25, 0.3) is 0 Å². The van der Waals surface area contributed by atoms with Crippen LogP contribution in [-0.4, -0.2) is 18.2 Å². The molecule has 78 valence electrons. The molecule has 0 saturated carbocycles. The molecule has 0 atom stereocenters. The summed E-state index contributed by atoms with van der Waals surface area (Å²) in [4.78, 5) is 11.9. The van der Waals surface area contributed by atoms with Gasteiger partial charge in [0.25, 0.3) is 0 Å². The Balaban J connectivity index is 3.49. The summed E-state index contributed by atoms with van der Waals surface area (Å²) in [6, 6.07) is 4.89. The molecule has 5 heteroatoms. The molecule has 0 radical (unpaired) electrons. The Morgan fingerprint density at radius 3 is 2.80 bits per heavy atom. The Morgan fingerprint density at radius 2 is 2.33 bits per heavy atom. The first-order valence-electron chi connectivity index (χ1n) is 4.09. The third-order valence-corrected chi connectivity index (χ3v) is 2.38. The molecule has 1 aromatic rings. The van der Waals surface area contributed by atoms with Gasteiger partial charge in [-0.3, -0.25) is 0 Å². The van der Waals surface area contributed by atoms with E-state index in [1.807, 2.05) is 6.07 Å². The average molecular weight is 223 g/mol. The predicted molar refractivity (Wildman–Crippen MR) is 55.7 cm³/mol. The van der Waals surface area contributed by atoms with Crippen LogP contribution in [0.3, 0.4) is 0 Å². The number of carbonyl (C=O) groups is 1. The minimum Gasteiger partial charge on any atom is -0.465 e. The standard InChI is InChI=1S/C10H9NO3S/c1-14-10(13)9-6(4-11)2-3-8(15)7(9)5-12/h2-3,12,15H,5H2,1H3. The van der Waals surface area contributed by atoms with Crippen LogP contribution in [-0.2, 0) is 11.3 Å². The molecule has 0 aliphatic carbocycles. The largest absolute Gasteiger partial charge is 0.465 e. The number of ether oxygens (including phenoxy) is 1. The van der Waals surface area contributed by atoms with E-state index in [4.69, 9.17) is 10.4 Å². The quantitative estimate of drug-likeness (QED) is 0.582. The third kappa shape index (κ3) is 2.12. The number of methoxy groups -OCH3 is 1.